The smallest absolute Gasteiger partial charge is 0.162 e. The van der Waals surface area contributed by atoms with E-state index in [0.29, 0.717) is 6.42 Å². The van der Waals surface area contributed by atoms with Gasteiger partial charge in [-0.1, -0.05) is 6.92 Å². The number of hydrogen-bond donors (Lipinski definition) is 2. The van der Waals surface area contributed by atoms with Crippen LogP contribution in [0.4, 0.5) is 5.69 Å². The summed E-state index contributed by atoms with van der Waals surface area (Å²) < 4.78 is 0. The van der Waals surface area contributed by atoms with Crippen LogP contribution >= 0.6 is 0 Å². The fourth-order valence-corrected chi connectivity index (χ4v) is 2.11. The maximum absolute atomic E-state index is 11.8. The van der Waals surface area contributed by atoms with Crippen molar-refractivity contribution in [2.24, 2.45) is 0 Å². The van der Waals surface area contributed by atoms with Crippen LogP contribution in [0.2, 0.25) is 0 Å². The fourth-order valence-electron chi connectivity index (χ4n) is 2.11. The molecule has 1 atom stereocenters. The van der Waals surface area contributed by atoms with Crippen molar-refractivity contribution in [2.75, 3.05) is 5.32 Å². The second-order valence-electron chi connectivity index (χ2n) is 5.09. The van der Waals surface area contributed by atoms with E-state index in [2.05, 4.69) is 22.4 Å². The first-order valence-corrected chi connectivity index (χ1v) is 7.02. The minimum absolute atomic E-state index is 0.122. The molecule has 0 spiro atoms. The zero-order chi connectivity index (χ0) is 14.5. The number of rotatable bonds is 6. The van der Waals surface area contributed by atoms with Crippen molar-refractivity contribution in [1.82, 2.24) is 10.2 Å². The predicted molar refractivity (Wildman–Crippen MR) is 81.0 cm³/mol. The second kappa shape index (κ2) is 6.37. The molecule has 4 nitrogen and oxygen atoms in total. The molecule has 2 N–H and O–H groups in total. The predicted octanol–water partition coefficient (Wildman–Crippen LogP) is 3.87. The van der Waals surface area contributed by atoms with Gasteiger partial charge < -0.3 is 5.32 Å². The molecule has 4 heteroatoms. The summed E-state index contributed by atoms with van der Waals surface area (Å²) in [5, 5.41) is 10.6. The number of anilines is 1. The molecule has 1 heterocycles. The zero-order valence-electron chi connectivity index (χ0n) is 12.2. The molecule has 0 amide bonds. The highest BCUT2D eigenvalue weighted by Crippen LogP contribution is 2.19. The number of nitrogens with one attached hydrogen (secondary N) is 2. The maximum Gasteiger partial charge on any atom is 0.162 e. The molecule has 2 rings (SSSR count). The van der Waals surface area contributed by atoms with Crippen molar-refractivity contribution in [3.05, 3.63) is 47.3 Å². The first-order chi connectivity index (χ1) is 9.60. The van der Waals surface area contributed by atoms with Gasteiger partial charge in [0.05, 0.1) is 11.7 Å². The topological polar surface area (TPSA) is 57.8 Å². The Hall–Kier alpha value is -2.10. The van der Waals surface area contributed by atoms with Crippen LogP contribution in [-0.4, -0.2) is 16.0 Å². The van der Waals surface area contributed by atoms with Crippen LogP contribution in [0.25, 0.3) is 0 Å². The van der Waals surface area contributed by atoms with E-state index in [9.17, 15) is 4.79 Å². The molecule has 0 fully saturated rings. The largest absolute Gasteiger partial charge is 0.377 e. The molecule has 1 aromatic carbocycles. The van der Waals surface area contributed by atoms with Crippen LogP contribution in [0, 0.1) is 6.92 Å². The van der Waals surface area contributed by atoms with E-state index in [1.807, 2.05) is 44.2 Å². The van der Waals surface area contributed by atoms with Crippen LogP contribution in [0.15, 0.2) is 30.3 Å². The number of aryl methyl sites for hydroxylation is 1. The highest BCUT2D eigenvalue weighted by atomic mass is 16.1. The molecule has 1 unspecified atom stereocenters. The molecule has 0 aliphatic rings. The lowest BCUT2D eigenvalue weighted by molar-refractivity contribution is 0.0982. The number of ketones is 1. The fraction of sp³-hybridized carbons (Fsp3) is 0.375. The molecule has 0 aliphatic heterocycles. The molecule has 0 saturated heterocycles. The lowest BCUT2D eigenvalue weighted by atomic mass is 10.1. The zero-order valence-corrected chi connectivity index (χ0v) is 12.2. The molecule has 106 valence electrons. The van der Waals surface area contributed by atoms with Crippen molar-refractivity contribution in [3.63, 3.8) is 0 Å². The molecule has 0 aliphatic carbocycles. The highest BCUT2D eigenvalue weighted by molar-refractivity contribution is 5.96. The maximum atomic E-state index is 11.8. The Bertz CT molecular complexity index is 572. The Balaban J connectivity index is 2.01. The summed E-state index contributed by atoms with van der Waals surface area (Å²) in [5.41, 5.74) is 3.80. The molecule has 0 bridgehead atoms. The van der Waals surface area contributed by atoms with Gasteiger partial charge in [0.15, 0.2) is 5.78 Å². The third-order valence-electron chi connectivity index (χ3n) is 3.24. The van der Waals surface area contributed by atoms with Gasteiger partial charge >= 0.3 is 0 Å². The summed E-state index contributed by atoms with van der Waals surface area (Å²) in [4.78, 5) is 11.8. The van der Waals surface area contributed by atoms with Crippen LogP contribution in [-0.2, 0) is 0 Å². The Morgan fingerprint density at radius 1 is 1.35 bits per heavy atom. The lowest BCUT2D eigenvalue weighted by Crippen LogP contribution is -2.07. The number of aromatic amines is 1. The summed E-state index contributed by atoms with van der Waals surface area (Å²) >= 11 is 0. The van der Waals surface area contributed by atoms with Crippen LogP contribution < -0.4 is 5.32 Å². The first kappa shape index (κ1) is 14.3. The van der Waals surface area contributed by atoms with E-state index in [1.54, 1.807) is 0 Å². The molecule has 2 aromatic rings. The SMILES string of the molecule is CCCC(=O)c1ccc(NC(C)c2cc(C)[nH]n2)cc1. The summed E-state index contributed by atoms with van der Waals surface area (Å²) in [5.74, 6) is 0.204. The molecule has 0 radical (unpaired) electrons. The Kier molecular flexibility index (Phi) is 4.56. The first-order valence-electron chi connectivity index (χ1n) is 7.02. The quantitative estimate of drug-likeness (QED) is 0.784. The van der Waals surface area contributed by atoms with Gasteiger partial charge in [0, 0.05) is 23.4 Å². The minimum atomic E-state index is 0.122. The normalized spacial score (nSPS) is 12.2. The van der Waals surface area contributed by atoms with Gasteiger partial charge in [-0.15, -0.1) is 0 Å². The summed E-state index contributed by atoms with van der Waals surface area (Å²) in [6, 6.07) is 9.79. The summed E-state index contributed by atoms with van der Waals surface area (Å²) in [7, 11) is 0. The van der Waals surface area contributed by atoms with Crippen molar-refractivity contribution < 1.29 is 4.79 Å². The van der Waals surface area contributed by atoms with E-state index in [1.165, 1.54) is 0 Å². The third kappa shape index (κ3) is 3.47. The lowest BCUT2D eigenvalue weighted by Gasteiger charge is -2.13. The number of aromatic nitrogens is 2. The van der Waals surface area contributed by atoms with Gasteiger partial charge in [-0.3, -0.25) is 9.89 Å². The van der Waals surface area contributed by atoms with Gasteiger partial charge in [-0.2, -0.15) is 5.10 Å². The average Bonchev–Trinajstić information content (AvgIpc) is 2.86. The van der Waals surface area contributed by atoms with Crippen LogP contribution in [0.1, 0.15) is 54.5 Å². The number of carbonyl (C=O) groups is 1. The number of H-pyrrole nitrogens is 1. The van der Waals surface area contributed by atoms with Crippen LogP contribution in [0.3, 0.4) is 0 Å². The summed E-state index contributed by atoms with van der Waals surface area (Å²) in [6.07, 6.45) is 1.49. The van der Waals surface area contributed by atoms with Gasteiger partial charge in [0.1, 0.15) is 0 Å². The Morgan fingerprint density at radius 2 is 2.05 bits per heavy atom. The van der Waals surface area contributed by atoms with Crippen molar-refractivity contribution >= 4 is 11.5 Å². The molecule has 0 saturated carbocycles. The van der Waals surface area contributed by atoms with E-state index in [4.69, 9.17) is 0 Å². The molecular formula is C16H21N3O. The molecule has 1 aromatic heterocycles. The average molecular weight is 271 g/mol. The Morgan fingerprint density at radius 3 is 2.60 bits per heavy atom. The molecule has 20 heavy (non-hydrogen) atoms. The van der Waals surface area contributed by atoms with Crippen molar-refractivity contribution in [2.45, 2.75) is 39.7 Å². The van der Waals surface area contributed by atoms with Gasteiger partial charge in [-0.25, -0.2) is 0 Å². The number of carbonyl (C=O) groups excluding carboxylic acids is 1. The Labute approximate surface area is 119 Å². The van der Waals surface area contributed by atoms with E-state index < -0.39 is 0 Å². The third-order valence-corrected chi connectivity index (χ3v) is 3.24. The second-order valence-corrected chi connectivity index (χ2v) is 5.09. The van der Waals surface area contributed by atoms with Crippen molar-refractivity contribution in [3.8, 4) is 0 Å². The van der Waals surface area contributed by atoms with E-state index in [0.717, 1.165) is 29.1 Å². The van der Waals surface area contributed by atoms with Crippen LogP contribution in [0.5, 0.6) is 0 Å². The minimum Gasteiger partial charge on any atom is -0.377 e. The van der Waals surface area contributed by atoms with Gasteiger partial charge in [0.2, 0.25) is 0 Å². The standard InChI is InChI=1S/C16H21N3O/c1-4-5-16(20)13-6-8-14(9-7-13)17-12(3)15-10-11(2)18-19-15/h6-10,12,17H,4-5H2,1-3H3,(H,18,19). The monoisotopic (exact) mass is 271 g/mol. The number of Topliss-reactive ketones (excluding diaryl/α,β-unsaturated/α-hetero) is 1. The van der Waals surface area contributed by atoms with Gasteiger partial charge in [-0.05, 0) is 50.6 Å². The highest BCUT2D eigenvalue weighted by Gasteiger charge is 2.09. The van der Waals surface area contributed by atoms with Gasteiger partial charge in [0.25, 0.3) is 0 Å². The van der Waals surface area contributed by atoms with Crippen molar-refractivity contribution in [1.29, 1.82) is 0 Å². The number of hydrogen-bond acceptors (Lipinski definition) is 3. The number of nitrogens with zero attached hydrogens (tertiary/aromatic N) is 1. The molecular weight excluding hydrogens is 250 g/mol. The summed E-state index contributed by atoms with van der Waals surface area (Å²) in [6.45, 7) is 6.06. The van der Waals surface area contributed by atoms with E-state index in [-0.39, 0.29) is 11.8 Å². The van der Waals surface area contributed by atoms with E-state index >= 15 is 0 Å². The number of benzene rings is 1.